The maximum absolute atomic E-state index is 14.0. The average molecular weight is 474 g/mol. The first-order chi connectivity index (χ1) is 15.5. The van der Waals surface area contributed by atoms with Crippen LogP contribution in [0, 0.1) is 12.7 Å². The molecule has 1 aliphatic rings. The van der Waals surface area contributed by atoms with Gasteiger partial charge in [0.1, 0.15) is 23.2 Å². The fraction of sp³-hybridized carbons (Fsp3) is 0.333. The molecule has 5 nitrogen and oxygen atoms in total. The highest BCUT2D eigenvalue weighted by atomic mass is 35.5. The molecule has 168 valence electrons. The van der Waals surface area contributed by atoms with Gasteiger partial charge in [0.05, 0.1) is 12.1 Å². The number of hydrogen-bond acceptors (Lipinski definition) is 5. The van der Waals surface area contributed by atoms with Gasteiger partial charge in [0, 0.05) is 48.7 Å². The zero-order chi connectivity index (χ0) is 22.5. The number of carbonyl (C=O) groups is 1. The number of halogens is 2. The molecule has 1 amide bonds. The molecule has 1 aromatic heterocycles. The molecule has 4 rings (SSSR count). The van der Waals surface area contributed by atoms with E-state index in [0.29, 0.717) is 49.9 Å². The van der Waals surface area contributed by atoms with Crippen LogP contribution >= 0.6 is 22.9 Å². The molecule has 2 aromatic carbocycles. The van der Waals surface area contributed by atoms with Gasteiger partial charge < -0.3 is 9.64 Å². The van der Waals surface area contributed by atoms with Gasteiger partial charge >= 0.3 is 0 Å². The van der Waals surface area contributed by atoms with Crippen LogP contribution in [0.1, 0.15) is 21.8 Å². The SMILES string of the molecule is Cc1ccc(OCc2nc(CC(=O)N3CCN(Cc4c(F)cccc4Cl)CC3)cs2)cc1. The van der Waals surface area contributed by atoms with Gasteiger partial charge in [0.25, 0.3) is 0 Å². The fourth-order valence-corrected chi connectivity index (χ4v) is 4.53. The molecule has 1 aliphatic heterocycles. The lowest BCUT2D eigenvalue weighted by Gasteiger charge is -2.35. The van der Waals surface area contributed by atoms with Crippen LogP contribution in [-0.2, 0) is 24.4 Å². The number of ether oxygens (including phenoxy) is 1. The van der Waals surface area contributed by atoms with Crippen molar-refractivity contribution in [3.63, 3.8) is 0 Å². The highest BCUT2D eigenvalue weighted by Gasteiger charge is 2.23. The Morgan fingerprint density at radius 1 is 1.16 bits per heavy atom. The van der Waals surface area contributed by atoms with Crippen LogP contribution in [-0.4, -0.2) is 46.9 Å². The Kier molecular flexibility index (Phi) is 7.40. The van der Waals surface area contributed by atoms with Gasteiger partial charge in [0.15, 0.2) is 0 Å². The Labute approximate surface area is 196 Å². The van der Waals surface area contributed by atoms with Crippen molar-refractivity contribution in [1.29, 1.82) is 0 Å². The summed E-state index contributed by atoms with van der Waals surface area (Å²) in [5.41, 5.74) is 2.46. The Morgan fingerprint density at radius 3 is 2.62 bits per heavy atom. The average Bonchev–Trinajstić information content (AvgIpc) is 3.23. The highest BCUT2D eigenvalue weighted by Crippen LogP contribution is 2.22. The molecular weight excluding hydrogens is 449 g/mol. The van der Waals surface area contributed by atoms with Gasteiger partial charge in [0.2, 0.25) is 5.91 Å². The number of piperazine rings is 1. The van der Waals surface area contributed by atoms with Crippen molar-refractivity contribution in [1.82, 2.24) is 14.8 Å². The Hall–Kier alpha value is -2.48. The normalized spacial score (nSPS) is 14.5. The van der Waals surface area contributed by atoms with Crippen LogP contribution in [0.2, 0.25) is 5.02 Å². The van der Waals surface area contributed by atoms with Gasteiger partial charge in [-0.3, -0.25) is 9.69 Å². The smallest absolute Gasteiger partial charge is 0.228 e. The minimum Gasteiger partial charge on any atom is -0.486 e. The van der Waals surface area contributed by atoms with Gasteiger partial charge in [-0.15, -0.1) is 11.3 Å². The summed E-state index contributed by atoms with van der Waals surface area (Å²) in [7, 11) is 0. The number of amides is 1. The van der Waals surface area contributed by atoms with Crippen molar-refractivity contribution in [3.05, 3.63) is 80.5 Å². The van der Waals surface area contributed by atoms with E-state index >= 15 is 0 Å². The Bertz CT molecular complexity index is 1050. The zero-order valence-electron chi connectivity index (χ0n) is 17.9. The lowest BCUT2D eigenvalue weighted by Crippen LogP contribution is -2.48. The summed E-state index contributed by atoms with van der Waals surface area (Å²) < 4.78 is 19.8. The molecule has 2 heterocycles. The minimum absolute atomic E-state index is 0.0601. The van der Waals surface area contributed by atoms with Crippen molar-refractivity contribution in [2.45, 2.75) is 26.5 Å². The maximum Gasteiger partial charge on any atom is 0.228 e. The number of thiazole rings is 1. The second-order valence-corrected chi connectivity index (χ2v) is 9.22. The van der Waals surface area contributed by atoms with Crippen molar-refractivity contribution >= 4 is 28.8 Å². The van der Waals surface area contributed by atoms with E-state index in [2.05, 4.69) is 9.88 Å². The number of aryl methyl sites for hydroxylation is 1. The summed E-state index contributed by atoms with van der Waals surface area (Å²) in [5.74, 6) is 0.574. The Balaban J connectivity index is 1.24. The lowest BCUT2D eigenvalue weighted by molar-refractivity contribution is -0.132. The molecule has 0 spiro atoms. The monoisotopic (exact) mass is 473 g/mol. The predicted molar refractivity (Wildman–Crippen MR) is 125 cm³/mol. The molecule has 0 bridgehead atoms. The number of carbonyl (C=O) groups excluding carboxylic acids is 1. The van der Waals surface area contributed by atoms with E-state index in [1.54, 1.807) is 12.1 Å². The van der Waals surface area contributed by atoms with Gasteiger partial charge in [-0.1, -0.05) is 35.4 Å². The molecule has 1 saturated heterocycles. The molecular formula is C24H25ClFN3O2S. The maximum atomic E-state index is 14.0. The first-order valence-electron chi connectivity index (χ1n) is 10.5. The molecule has 32 heavy (non-hydrogen) atoms. The number of nitrogens with zero attached hydrogens (tertiary/aromatic N) is 3. The van der Waals surface area contributed by atoms with Crippen molar-refractivity contribution in [2.75, 3.05) is 26.2 Å². The van der Waals surface area contributed by atoms with Crippen LogP contribution in [0.4, 0.5) is 4.39 Å². The summed E-state index contributed by atoms with van der Waals surface area (Å²) in [4.78, 5) is 21.2. The summed E-state index contributed by atoms with van der Waals surface area (Å²) >= 11 is 7.64. The summed E-state index contributed by atoms with van der Waals surface area (Å²) in [6.45, 7) is 5.46. The molecule has 8 heteroatoms. The van der Waals surface area contributed by atoms with E-state index < -0.39 is 0 Å². The molecule has 0 atom stereocenters. The number of aromatic nitrogens is 1. The second-order valence-electron chi connectivity index (χ2n) is 7.87. The predicted octanol–water partition coefficient (Wildman–Crippen LogP) is 4.71. The molecule has 0 aliphatic carbocycles. The summed E-state index contributed by atoms with van der Waals surface area (Å²) in [5, 5.41) is 3.21. The van der Waals surface area contributed by atoms with Crippen LogP contribution in [0.15, 0.2) is 47.8 Å². The zero-order valence-corrected chi connectivity index (χ0v) is 19.5. The number of benzene rings is 2. The summed E-state index contributed by atoms with van der Waals surface area (Å²) in [6.07, 6.45) is 0.278. The third-order valence-electron chi connectivity index (χ3n) is 5.48. The van der Waals surface area contributed by atoms with Gasteiger partial charge in [-0.2, -0.15) is 0 Å². The molecule has 0 unspecified atom stereocenters. The Morgan fingerprint density at radius 2 is 1.91 bits per heavy atom. The highest BCUT2D eigenvalue weighted by molar-refractivity contribution is 7.09. The van der Waals surface area contributed by atoms with Crippen LogP contribution in [0.25, 0.3) is 0 Å². The third-order valence-corrected chi connectivity index (χ3v) is 6.71. The number of rotatable bonds is 7. The molecule has 0 saturated carbocycles. The van der Waals surface area contributed by atoms with E-state index in [1.807, 2.05) is 41.5 Å². The minimum atomic E-state index is -0.290. The molecule has 0 radical (unpaired) electrons. The van der Waals surface area contributed by atoms with Crippen LogP contribution in [0.3, 0.4) is 0 Å². The van der Waals surface area contributed by atoms with Gasteiger partial charge in [-0.25, -0.2) is 9.37 Å². The summed E-state index contributed by atoms with van der Waals surface area (Å²) in [6, 6.07) is 12.6. The van der Waals surface area contributed by atoms with E-state index in [4.69, 9.17) is 16.3 Å². The third kappa shape index (κ3) is 5.85. The van der Waals surface area contributed by atoms with Crippen molar-refractivity contribution in [2.24, 2.45) is 0 Å². The molecule has 0 N–H and O–H groups in total. The van der Waals surface area contributed by atoms with E-state index in [1.165, 1.54) is 23.0 Å². The lowest BCUT2D eigenvalue weighted by atomic mass is 10.1. The second kappa shape index (κ2) is 10.4. The fourth-order valence-electron chi connectivity index (χ4n) is 3.61. The van der Waals surface area contributed by atoms with Crippen LogP contribution < -0.4 is 4.74 Å². The van der Waals surface area contributed by atoms with Crippen molar-refractivity contribution in [3.8, 4) is 5.75 Å². The van der Waals surface area contributed by atoms with Crippen LogP contribution in [0.5, 0.6) is 5.75 Å². The quantitative estimate of drug-likeness (QED) is 0.498. The standard InChI is InChI=1S/C24H25ClFN3O2S/c1-17-5-7-19(8-6-17)31-15-23-27-18(16-32-23)13-24(30)29-11-9-28(10-12-29)14-20-21(25)3-2-4-22(20)26/h2-8,16H,9-15H2,1H3. The largest absolute Gasteiger partial charge is 0.486 e. The molecule has 1 fully saturated rings. The van der Waals surface area contributed by atoms with Crippen molar-refractivity contribution < 1.29 is 13.9 Å². The van der Waals surface area contributed by atoms with E-state index in [0.717, 1.165) is 16.5 Å². The first-order valence-corrected chi connectivity index (χ1v) is 11.8. The van der Waals surface area contributed by atoms with E-state index in [9.17, 15) is 9.18 Å². The van der Waals surface area contributed by atoms with E-state index in [-0.39, 0.29) is 18.1 Å². The number of hydrogen-bond donors (Lipinski definition) is 0. The van der Waals surface area contributed by atoms with Gasteiger partial charge in [-0.05, 0) is 31.2 Å². The first kappa shape index (κ1) is 22.7. The topological polar surface area (TPSA) is 45.7 Å². The molecule has 3 aromatic rings.